The van der Waals surface area contributed by atoms with Gasteiger partial charge in [0.2, 0.25) is 0 Å². The maximum Gasteiger partial charge on any atom is 0.0323 e. The number of halogens is 1. The molecular formula is C8H9IN. The topological polar surface area (TPSA) is 26.0 Å². The van der Waals surface area contributed by atoms with E-state index < -0.39 is 0 Å². The Morgan fingerprint density at radius 1 is 1.70 bits per heavy atom. The first-order valence-corrected chi connectivity index (χ1v) is 4.27. The third-order valence-electron chi connectivity index (χ3n) is 1.37. The van der Waals surface area contributed by atoms with Crippen LogP contribution in [0.15, 0.2) is 12.1 Å². The Kier molecular flexibility index (Phi) is 2.54. The molecule has 0 atom stereocenters. The van der Waals surface area contributed by atoms with Gasteiger partial charge in [0.1, 0.15) is 0 Å². The summed E-state index contributed by atoms with van der Waals surface area (Å²) in [6.07, 6.45) is 1.03. The molecule has 0 bridgehead atoms. The van der Waals surface area contributed by atoms with Crippen molar-refractivity contribution >= 4 is 28.3 Å². The van der Waals surface area contributed by atoms with Crippen molar-refractivity contribution in [2.75, 3.05) is 5.73 Å². The van der Waals surface area contributed by atoms with Gasteiger partial charge in [0.15, 0.2) is 0 Å². The molecular weight excluding hydrogens is 237 g/mol. The fourth-order valence-corrected chi connectivity index (χ4v) is 1.50. The molecule has 0 aliphatic rings. The van der Waals surface area contributed by atoms with E-state index in [2.05, 4.69) is 35.6 Å². The van der Waals surface area contributed by atoms with Gasteiger partial charge in [-0.15, -0.1) is 0 Å². The summed E-state index contributed by atoms with van der Waals surface area (Å²) < 4.78 is 1.18. The maximum atomic E-state index is 5.57. The first-order chi connectivity index (χ1) is 4.74. The second kappa shape index (κ2) is 3.23. The van der Waals surface area contributed by atoms with Gasteiger partial charge in [-0.1, -0.05) is 6.92 Å². The highest BCUT2D eigenvalue weighted by molar-refractivity contribution is 14.1. The highest BCUT2D eigenvalue weighted by Gasteiger charge is 1.96. The van der Waals surface area contributed by atoms with Crippen LogP contribution < -0.4 is 5.73 Å². The van der Waals surface area contributed by atoms with Crippen molar-refractivity contribution < 1.29 is 0 Å². The van der Waals surface area contributed by atoms with Gasteiger partial charge < -0.3 is 5.73 Å². The van der Waals surface area contributed by atoms with Crippen LogP contribution in [0.5, 0.6) is 0 Å². The number of benzene rings is 1. The van der Waals surface area contributed by atoms with E-state index in [1.807, 2.05) is 6.07 Å². The maximum absolute atomic E-state index is 5.57. The second-order valence-electron chi connectivity index (χ2n) is 2.13. The van der Waals surface area contributed by atoms with Crippen molar-refractivity contribution in [3.8, 4) is 0 Å². The van der Waals surface area contributed by atoms with Crippen molar-refractivity contribution in [2.24, 2.45) is 0 Å². The largest absolute Gasteiger partial charge is 0.399 e. The highest BCUT2D eigenvalue weighted by atomic mass is 127. The zero-order valence-electron chi connectivity index (χ0n) is 5.82. The summed E-state index contributed by atoms with van der Waals surface area (Å²) in [5, 5.41) is 0. The highest BCUT2D eigenvalue weighted by Crippen LogP contribution is 2.14. The van der Waals surface area contributed by atoms with Crippen molar-refractivity contribution in [3.05, 3.63) is 27.3 Å². The van der Waals surface area contributed by atoms with Crippen LogP contribution in [0.3, 0.4) is 0 Å². The lowest BCUT2D eigenvalue weighted by Crippen LogP contribution is -1.90. The Morgan fingerprint density at radius 3 is 2.90 bits per heavy atom. The predicted molar refractivity (Wildman–Crippen MR) is 51.8 cm³/mol. The average Bonchev–Trinajstić information content (AvgIpc) is 1.94. The molecule has 1 radical (unpaired) electrons. The quantitative estimate of drug-likeness (QED) is 0.596. The molecule has 2 N–H and O–H groups in total. The molecule has 0 unspecified atom stereocenters. The molecule has 1 rings (SSSR count). The minimum Gasteiger partial charge on any atom is -0.399 e. The number of hydrogen-bond acceptors (Lipinski definition) is 1. The third-order valence-corrected chi connectivity index (χ3v) is 2.37. The van der Waals surface area contributed by atoms with Crippen LogP contribution in [0, 0.1) is 9.64 Å². The zero-order valence-corrected chi connectivity index (χ0v) is 7.97. The molecule has 0 heterocycles. The fraction of sp³-hybridized carbons (Fsp3) is 0.250. The van der Waals surface area contributed by atoms with Crippen molar-refractivity contribution in [3.63, 3.8) is 0 Å². The first-order valence-electron chi connectivity index (χ1n) is 3.19. The Bertz CT molecular complexity index is 233. The SMILES string of the molecule is CCc1cc(N)c[c]c1I. The van der Waals surface area contributed by atoms with E-state index in [0.717, 1.165) is 12.1 Å². The molecule has 0 amide bonds. The van der Waals surface area contributed by atoms with Gasteiger partial charge >= 0.3 is 0 Å². The minimum absolute atomic E-state index is 0.803. The molecule has 1 aromatic carbocycles. The molecule has 0 spiro atoms. The van der Waals surface area contributed by atoms with Crippen molar-refractivity contribution in [1.29, 1.82) is 0 Å². The molecule has 0 aromatic heterocycles. The lowest BCUT2D eigenvalue weighted by molar-refractivity contribution is 1.13. The summed E-state index contributed by atoms with van der Waals surface area (Å²) in [6.45, 7) is 2.12. The van der Waals surface area contributed by atoms with Gasteiger partial charge in [-0.2, -0.15) is 0 Å². The Morgan fingerprint density at radius 2 is 2.40 bits per heavy atom. The average molecular weight is 246 g/mol. The van der Waals surface area contributed by atoms with Gasteiger partial charge in [0, 0.05) is 9.26 Å². The van der Waals surface area contributed by atoms with E-state index in [1.165, 1.54) is 9.13 Å². The number of rotatable bonds is 1. The third kappa shape index (κ3) is 1.62. The predicted octanol–water partition coefficient (Wildman–Crippen LogP) is 2.24. The van der Waals surface area contributed by atoms with Gasteiger partial charge in [-0.3, -0.25) is 0 Å². The summed E-state index contributed by atoms with van der Waals surface area (Å²) in [5.41, 5.74) is 7.65. The number of anilines is 1. The van der Waals surface area contributed by atoms with Crippen LogP contribution >= 0.6 is 22.6 Å². The minimum atomic E-state index is 0.803. The standard InChI is InChI=1S/C8H9IN/c1-2-6-5-7(10)3-4-8(6)9/h3,5H,2,10H2,1H3. The zero-order chi connectivity index (χ0) is 7.56. The molecule has 0 aliphatic carbocycles. The van der Waals surface area contributed by atoms with E-state index in [9.17, 15) is 0 Å². The van der Waals surface area contributed by atoms with Crippen LogP contribution in [0.1, 0.15) is 12.5 Å². The lowest BCUT2D eigenvalue weighted by Gasteiger charge is -2.00. The number of aryl methyl sites for hydroxylation is 1. The summed E-state index contributed by atoms with van der Waals surface area (Å²) in [5.74, 6) is 0. The van der Waals surface area contributed by atoms with Crippen LogP contribution in [0.4, 0.5) is 5.69 Å². The van der Waals surface area contributed by atoms with Crippen molar-refractivity contribution in [1.82, 2.24) is 0 Å². The van der Waals surface area contributed by atoms with Crippen LogP contribution in [0.25, 0.3) is 0 Å². The number of hydrogen-bond donors (Lipinski definition) is 1. The van der Waals surface area contributed by atoms with Gasteiger partial charge in [0.05, 0.1) is 0 Å². The molecule has 0 saturated carbocycles. The molecule has 1 nitrogen and oxygen atoms in total. The monoisotopic (exact) mass is 246 g/mol. The number of nitrogens with two attached hydrogens (primary N) is 1. The normalized spacial score (nSPS) is 9.80. The summed E-state index contributed by atoms with van der Waals surface area (Å²) in [6, 6.07) is 6.89. The van der Waals surface area contributed by atoms with Crippen molar-refractivity contribution in [2.45, 2.75) is 13.3 Å². The van der Waals surface area contributed by atoms with Gasteiger partial charge in [-0.05, 0) is 52.8 Å². The second-order valence-corrected chi connectivity index (χ2v) is 3.20. The number of nitrogen functional groups attached to an aromatic ring is 1. The van der Waals surface area contributed by atoms with E-state index in [-0.39, 0.29) is 0 Å². The first kappa shape index (κ1) is 7.85. The Hall–Kier alpha value is -0.250. The summed E-state index contributed by atoms with van der Waals surface area (Å²) in [7, 11) is 0. The molecule has 10 heavy (non-hydrogen) atoms. The molecule has 2 heteroatoms. The van der Waals surface area contributed by atoms with E-state index in [1.54, 1.807) is 6.07 Å². The molecule has 0 aliphatic heterocycles. The van der Waals surface area contributed by atoms with Gasteiger partial charge in [-0.25, -0.2) is 0 Å². The summed E-state index contributed by atoms with van der Waals surface area (Å²) >= 11 is 2.27. The van der Waals surface area contributed by atoms with Crippen LogP contribution in [-0.4, -0.2) is 0 Å². The molecule has 53 valence electrons. The molecule has 0 saturated heterocycles. The summed E-state index contributed by atoms with van der Waals surface area (Å²) in [4.78, 5) is 0. The van der Waals surface area contributed by atoms with E-state index in [4.69, 9.17) is 5.73 Å². The van der Waals surface area contributed by atoms with Crippen LogP contribution in [-0.2, 0) is 6.42 Å². The Labute approximate surface area is 74.8 Å². The smallest absolute Gasteiger partial charge is 0.0323 e. The van der Waals surface area contributed by atoms with E-state index >= 15 is 0 Å². The van der Waals surface area contributed by atoms with Crippen LogP contribution in [0.2, 0.25) is 0 Å². The van der Waals surface area contributed by atoms with E-state index in [0.29, 0.717) is 0 Å². The Balaban J connectivity index is 3.09. The molecule has 1 aromatic rings. The molecule has 0 fully saturated rings. The van der Waals surface area contributed by atoms with Gasteiger partial charge in [0.25, 0.3) is 0 Å². The lowest BCUT2D eigenvalue weighted by atomic mass is 10.1. The fourth-order valence-electron chi connectivity index (χ4n) is 0.803.